The molecule has 72 valence electrons. The number of hydrogen-bond acceptors (Lipinski definition) is 2. The van der Waals surface area contributed by atoms with Gasteiger partial charge >= 0.3 is 5.97 Å². The Labute approximate surface area is 70.0 Å². The minimum atomic E-state index is -2.66. The molecule has 0 radical (unpaired) electrons. The summed E-state index contributed by atoms with van der Waals surface area (Å²) in [5, 5.41) is 8.39. The summed E-state index contributed by atoms with van der Waals surface area (Å²) in [5.41, 5.74) is -1.58. The van der Waals surface area contributed by atoms with Crippen LogP contribution in [0.15, 0.2) is 0 Å². The van der Waals surface area contributed by atoms with E-state index in [0.717, 1.165) is 0 Å². The van der Waals surface area contributed by atoms with Crippen molar-refractivity contribution in [1.82, 2.24) is 4.90 Å². The summed E-state index contributed by atoms with van der Waals surface area (Å²) in [6, 6.07) is 0. The van der Waals surface area contributed by atoms with Crippen molar-refractivity contribution in [1.29, 1.82) is 0 Å². The molecule has 0 aliphatic carbocycles. The Morgan fingerprint density at radius 2 is 2.00 bits per heavy atom. The van der Waals surface area contributed by atoms with Crippen molar-refractivity contribution in [3.05, 3.63) is 0 Å². The average molecular weight is 181 g/mol. The summed E-state index contributed by atoms with van der Waals surface area (Å²) < 4.78 is 24.8. The number of halogens is 2. The van der Waals surface area contributed by atoms with Gasteiger partial charge in [0.25, 0.3) is 6.43 Å². The summed E-state index contributed by atoms with van der Waals surface area (Å²) in [6.45, 7) is 1.23. The Morgan fingerprint density at radius 3 is 2.08 bits per heavy atom. The molecule has 0 aromatic carbocycles. The average Bonchev–Trinajstić information content (AvgIpc) is 1.84. The number of rotatable bonds is 4. The molecular weight excluding hydrogens is 168 g/mol. The fourth-order valence-electron chi connectivity index (χ4n) is 0.737. The smallest absolute Gasteiger partial charge is 0.305 e. The molecule has 5 heteroatoms. The van der Waals surface area contributed by atoms with Crippen molar-refractivity contribution < 1.29 is 18.7 Å². The minimum absolute atomic E-state index is 0.558. The summed E-state index contributed by atoms with van der Waals surface area (Å²) >= 11 is 0. The zero-order valence-corrected chi connectivity index (χ0v) is 7.34. The van der Waals surface area contributed by atoms with Gasteiger partial charge in [-0.1, -0.05) is 0 Å². The standard InChI is InChI=1S/C7H13F2NO2/c1-7(6(8)9,10(2)3)4-5(11)12/h6H,4H2,1-3H3,(H,11,12). The summed E-state index contributed by atoms with van der Waals surface area (Å²) in [5.74, 6) is -1.22. The van der Waals surface area contributed by atoms with E-state index in [1.54, 1.807) is 0 Å². The second-order valence-electron chi connectivity index (χ2n) is 3.12. The van der Waals surface area contributed by atoms with Gasteiger partial charge in [-0.3, -0.25) is 9.69 Å². The van der Waals surface area contributed by atoms with E-state index in [-0.39, 0.29) is 0 Å². The fourth-order valence-corrected chi connectivity index (χ4v) is 0.737. The maximum absolute atomic E-state index is 12.4. The first-order valence-corrected chi connectivity index (χ1v) is 3.48. The third-order valence-corrected chi connectivity index (χ3v) is 2.00. The van der Waals surface area contributed by atoms with Gasteiger partial charge in [-0.15, -0.1) is 0 Å². The highest BCUT2D eigenvalue weighted by molar-refractivity contribution is 5.68. The molecule has 0 saturated heterocycles. The predicted molar refractivity (Wildman–Crippen MR) is 40.3 cm³/mol. The second kappa shape index (κ2) is 3.80. The molecular formula is C7H13F2NO2. The molecule has 0 amide bonds. The molecule has 1 unspecified atom stereocenters. The van der Waals surface area contributed by atoms with Gasteiger partial charge < -0.3 is 5.11 Å². The minimum Gasteiger partial charge on any atom is -0.481 e. The van der Waals surface area contributed by atoms with Crippen LogP contribution in [0, 0.1) is 0 Å². The van der Waals surface area contributed by atoms with Crippen LogP contribution in [0.4, 0.5) is 8.78 Å². The first kappa shape index (κ1) is 11.3. The fraction of sp³-hybridized carbons (Fsp3) is 0.857. The molecule has 0 fully saturated rings. The van der Waals surface area contributed by atoms with Crippen molar-refractivity contribution >= 4 is 5.97 Å². The van der Waals surface area contributed by atoms with Gasteiger partial charge in [0.15, 0.2) is 0 Å². The molecule has 0 aliphatic rings. The van der Waals surface area contributed by atoms with Gasteiger partial charge in [-0.05, 0) is 21.0 Å². The number of nitrogens with zero attached hydrogens (tertiary/aromatic N) is 1. The van der Waals surface area contributed by atoms with Gasteiger partial charge in [0.1, 0.15) is 0 Å². The highest BCUT2D eigenvalue weighted by Crippen LogP contribution is 2.24. The van der Waals surface area contributed by atoms with Crippen molar-refractivity contribution in [2.24, 2.45) is 0 Å². The lowest BCUT2D eigenvalue weighted by Gasteiger charge is -2.33. The molecule has 0 aromatic heterocycles. The Hall–Kier alpha value is -0.710. The van der Waals surface area contributed by atoms with Crippen molar-refractivity contribution in [3.8, 4) is 0 Å². The molecule has 0 spiro atoms. The van der Waals surface area contributed by atoms with E-state index in [1.165, 1.54) is 25.9 Å². The zero-order chi connectivity index (χ0) is 9.94. The van der Waals surface area contributed by atoms with Gasteiger partial charge in [-0.25, -0.2) is 8.78 Å². The van der Waals surface area contributed by atoms with Crippen molar-refractivity contribution in [3.63, 3.8) is 0 Å². The van der Waals surface area contributed by atoms with E-state index in [9.17, 15) is 13.6 Å². The second-order valence-corrected chi connectivity index (χ2v) is 3.12. The predicted octanol–water partition coefficient (Wildman–Crippen LogP) is 1.05. The Kier molecular flexibility index (Phi) is 3.57. The molecule has 0 rings (SSSR count). The van der Waals surface area contributed by atoms with E-state index in [1.807, 2.05) is 0 Å². The van der Waals surface area contributed by atoms with Crippen LogP contribution in [0.2, 0.25) is 0 Å². The molecule has 0 aliphatic heterocycles. The maximum Gasteiger partial charge on any atom is 0.305 e. The number of carboxylic acids is 1. The molecule has 1 N–H and O–H groups in total. The molecule has 0 saturated carbocycles. The summed E-state index contributed by atoms with van der Waals surface area (Å²) in [6.07, 6.45) is -3.22. The van der Waals surface area contributed by atoms with Crippen LogP contribution in [0.5, 0.6) is 0 Å². The molecule has 3 nitrogen and oxygen atoms in total. The lowest BCUT2D eigenvalue weighted by atomic mass is 9.97. The first-order valence-electron chi connectivity index (χ1n) is 3.48. The monoisotopic (exact) mass is 181 g/mol. The van der Waals surface area contributed by atoms with E-state index < -0.39 is 24.4 Å². The lowest BCUT2D eigenvalue weighted by Crippen LogP contribution is -2.49. The van der Waals surface area contributed by atoms with E-state index in [4.69, 9.17) is 5.11 Å². The van der Waals surface area contributed by atoms with Gasteiger partial charge in [0, 0.05) is 0 Å². The molecule has 0 heterocycles. The van der Waals surface area contributed by atoms with Crippen LogP contribution >= 0.6 is 0 Å². The van der Waals surface area contributed by atoms with Gasteiger partial charge in [-0.2, -0.15) is 0 Å². The van der Waals surface area contributed by atoms with Crippen LogP contribution in [-0.2, 0) is 4.79 Å². The highest BCUT2D eigenvalue weighted by atomic mass is 19.3. The maximum atomic E-state index is 12.4. The van der Waals surface area contributed by atoms with Gasteiger partial charge in [0.2, 0.25) is 0 Å². The number of aliphatic carboxylic acids is 1. The molecule has 1 atom stereocenters. The number of carbonyl (C=O) groups is 1. The Morgan fingerprint density at radius 1 is 1.58 bits per heavy atom. The number of carboxylic acid groups (broad SMARTS) is 1. The van der Waals surface area contributed by atoms with Crippen LogP contribution < -0.4 is 0 Å². The third kappa shape index (κ3) is 2.41. The Bertz CT molecular complexity index is 163. The first-order chi connectivity index (χ1) is 5.30. The highest BCUT2D eigenvalue weighted by Gasteiger charge is 2.39. The van der Waals surface area contributed by atoms with Crippen LogP contribution in [0.1, 0.15) is 13.3 Å². The van der Waals surface area contributed by atoms with Gasteiger partial charge in [0.05, 0.1) is 12.0 Å². The quantitative estimate of drug-likeness (QED) is 0.704. The SMILES string of the molecule is CN(C)C(C)(CC(=O)O)C(F)F. The zero-order valence-electron chi connectivity index (χ0n) is 7.34. The number of alkyl halides is 2. The lowest BCUT2D eigenvalue weighted by molar-refractivity contribution is -0.143. The van der Waals surface area contributed by atoms with Crippen molar-refractivity contribution in [2.75, 3.05) is 14.1 Å². The van der Waals surface area contributed by atoms with E-state index in [0.29, 0.717) is 0 Å². The third-order valence-electron chi connectivity index (χ3n) is 2.00. The van der Waals surface area contributed by atoms with Crippen LogP contribution in [0.25, 0.3) is 0 Å². The number of hydrogen-bond donors (Lipinski definition) is 1. The van der Waals surface area contributed by atoms with Crippen molar-refractivity contribution in [2.45, 2.75) is 25.3 Å². The van der Waals surface area contributed by atoms with E-state index >= 15 is 0 Å². The molecule has 0 bridgehead atoms. The normalized spacial score (nSPS) is 16.6. The van der Waals surface area contributed by atoms with Crippen LogP contribution in [0.3, 0.4) is 0 Å². The van der Waals surface area contributed by atoms with E-state index in [2.05, 4.69) is 0 Å². The molecule has 0 aromatic rings. The van der Waals surface area contributed by atoms with Crippen LogP contribution in [-0.4, -0.2) is 42.0 Å². The molecule has 12 heavy (non-hydrogen) atoms. The Balaban J connectivity index is 4.51. The summed E-state index contributed by atoms with van der Waals surface area (Å²) in [7, 11) is 2.88. The topological polar surface area (TPSA) is 40.5 Å². The largest absolute Gasteiger partial charge is 0.481 e. The summed E-state index contributed by atoms with van der Waals surface area (Å²) in [4.78, 5) is 11.5.